The van der Waals surface area contributed by atoms with Crippen molar-refractivity contribution in [3.8, 4) is 5.82 Å². The molecule has 15 heteroatoms. The van der Waals surface area contributed by atoms with E-state index < -0.39 is 39.1 Å². The van der Waals surface area contributed by atoms with E-state index in [-0.39, 0.29) is 38.6 Å². The molecule has 2 aromatic heterocycles. The molecule has 0 spiro atoms. The summed E-state index contributed by atoms with van der Waals surface area (Å²) in [7, 11) is -3.09. The summed E-state index contributed by atoms with van der Waals surface area (Å²) in [5, 5.41) is 14.5. The van der Waals surface area contributed by atoms with Crippen LogP contribution in [0.25, 0.3) is 5.82 Å². The molecule has 0 saturated heterocycles. The maximum atomic E-state index is 13.5. The summed E-state index contributed by atoms with van der Waals surface area (Å²) in [4.78, 5) is 30.8. The minimum atomic E-state index is -4.88. The second kappa shape index (κ2) is 11.5. The first-order valence-electron chi connectivity index (χ1n) is 11.6. The van der Waals surface area contributed by atoms with Gasteiger partial charge < -0.3 is 10.6 Å². The van der Waals surface area contributed by atoms with Gasteiger partial charge in [-0.15, -0.1) is 0 Å². The number of nitrogens with two attached hydrogens (primary N) is 1. The van der Waals surface area contributed by atoms with Crippen LogP contribution in [0.15, 0.2) is 65.7 Å². The Morgan fingerprint density at radius 1 is 1.10 bits per heavy atom. The van der Waals surface area contributed by atoms with E-state index in [2.05, 4.69) is 26.6 Å². The highest BCUT2D eigenvalue weighted by atomic mass is 35.5. The van der Waals surface area contributed by atoms with Crippen LogP contribution in [0.5, 0.6) is 0 Å². The van der Waals surface area contributed by atoms with Crippen molar-refractivity contribution in [3.05, 3.63) is 98.9 Å². The molecule has 2 amide bonds. The lowest BCUT2D eigenvalue weighted by molar-refractivity contribution is -0.141. The van der Waals surface area contributed by atoms with E-state index in [1.807, 2.05) is 0 Å². The SMILES string of the molecule is C=S(N)(=O)c1ccccc1CNC(=O)c1cc(Cl)cc(C)c1NC(=O)c1cc(C(F)(F)F)nn1-c1ncccc1Cl. The smallest absolute Gasteiger partial charge is 0.348 e. The van der Waals surface area contributed by atoms with Crippen LogP contribution in [-0.4, -0.2) is 36.7 Å². The summed E-state index contributed by atoms with van der Waals surface area (Å²) in [5.74, 6) is 1.55. The van der Waals surface area contributed by atoms with Gasteiger partial charge in [0.05, 0.1) is 26.0 Å². The molecule has 0 aliphatic carbocycles. The van der Waals surface area contributed by atoms with E-state index in [9.17, 15) is 27.0 Å². The van der Waals surface area contributed by atoms with Gasteiger partial charge in [0.1, 0.15) is 5.69 Å². The molecule has 2 heterocycles. The highest BCUT2D eigenvalue weighted by Gasteiger charge is 2.37. The van der Waals surface area contributed by atoms with Gasteiger partial charge in [0.25, 0.3) is 11.8 Å². The molecule has 0 saturated carbocycles. The summed E-state index contributed by atoms with van der Waals surface area (Å²) in [6.07, 6.45) is -3.60. The first-order chi connectivity index (χ1) is 19.2. The molecule has 4 rings (SSSR count). The van der Waals surface area contributed by atoms with Gasteiger partial charge in [-0.05, 0) is 54.3 Å². The molecule has 0 bridgehead atoms. The average Bonchev–Trinajstić information content (AvgIpc) is 3.35. The number of pyridine rings is 1. The number of halogens is 5. The number of carbonyl (C=O) groups excluding carboxylic acids is 2. The highest BCUT2D eigenvalue weighted by Crippen LogP contribution is 2.32. The number of nitrogens with zero attached hydrogens (tertiary/aromatic N) is 3. The fourth-order valence-corrected chi connectivity index (χ4v) is 5.27. The van der Waals surface area contributed by atoms with Gasteiger partial charge in [-0.2, -0.15) is 18.3 Å². The van der Waals surface area contributed by atoms with Crippen LogP contribution in [0.3, 0.4) is 0 Å². The number of hydrogen-bond acceptors (Lipinski definition) is 5. The molecule has 1 atom stereocenters. The Morgan fingerprint density at radius 3 is 2.46 bits per heavy atom. The fraction of sp³-hybridized carbons (Fsp3) is 0.115. The van der Waals surface area contributed by atoms with Crippen LogP contribution in [0, 0.1) is 6.92 Å². The molecular weight excluding hydrogens is 604 g/mol. The van der Waals surface area contributed by atoms with Crippen molar-refractivity contribution in [1.29, 1.82) is 0 Å². The molecular formula is C26H21Cl2F3N6O3S. The Bertz CT molecular complexity index is 1770. The van der Waals surface area contributed by atoms with Gasteiger partial charge in [-0.1, -0.05) is 41.4 Å². The van der Waals surface area contributed by atoms with Crippen molar-refractivity contribution in [2.24, 2.45) is 5.14 Å². The molecule has 0 radical (unpaired) electrons. The number of rotatable bonds is 7. The molecule has 4 N–H and O–H groups in total. The lowest BCUT2D eigenvalue weighted by Gasteiger charge is -2.16. The van der Waals surface area contributed by atoms with Crippen molar-refractivity contribution in [2.75, 3.05) is 5.32 Å². The second-order valence-corrected chi connectivity index (χ2v) is 11.5. The largest absolute Gasteiger partial charge is 0.435 e. The highest BCUT2D eigenvalue weighted by molar-refractivity contribution is 7.98. The number of carbonyl (C=O) groups is 2. The van der Waals surface area contributed by atoms with Gasteiger partial charge in [-0.3, -0.25) is 14.7 Å². The van der Waals surface area contributed by atoms with E-state index in [1.54, 1.807) is 25.1 Å². The Kier molecular flexibility index (Phi) is 8.45. The molecule has 0 aliphatic rings. The van der Waals surface area contributed by atoms with Crippen molar-refractivity contribution in [3.63, 3.8) is 0 Å². The predicted molar refractivity (Wildman–Crippen MR) is 151 cm³/mol. The summed E-state index contributed by atoms with van der Waals surface area (Å²) in [6, 6.07) is 12.6. The lowest BCUT2D eigenvalue weighted by Crippen LogP contribution is -2.27. The molecule has 4 aromatic rings. The summed E-state index contributed by atoms with van der Waals surface area (Å²) >= 11 is 12.3. The van der Waals surface area contributed by atoms with Gasteiger partial charge in [0, 0.05) is 28.7 Å². The van der Waals surface area contributed by atoms with Crippen LogP contribution in [-0.2, 0) is 22.4 Å². The zero-order valence-corrected chi connectivity index (χ0v) is 23.5. The van der Waals surface area contributed by atoms with Crippen LogP contribution < -0.4 is 15.8 Å². The quantitative estimate of drug-likeness (QED) is 0.248. The van der Waals surface area contributed by atoms with E-state index in [0.29, 0.717) is 21.9 Å². The topological polar surface area (TPSA) is 132 Å². The first kappa shape index (κ1) is 30.1. The van der Waals surface area contributed by atoms with E-state index in [1.165, 1.54) is 36.5 Å². The zero-order chi connectivity index (χ0) is 30.1. The molecule has 0 aliphatic heterocycles. The van der Waals surface area contributed by atoms with E-state index in [4.69, 9.17) is 28.3 Å². The number of hydrogen-bond donors (Lipinski definition) is 3. The second-order valence-electron chi connectivity index (χ2n) is 8.75. The van der Waals surface area contributed by atoms with E-state index in [0.717, 1.165) is 0 Å². The lowest BCUT2D eigenvalue weighted by atomic mass is 10.1. The van der Waals surface area contributed by atoms with Crippen LogP contribution in [0.4, 0.5) is 18.9 Å². The number of amides is 2. The fourth-order valence-electron chi connectivity index (χ4n) is 3.90. The zero-order valence-electron chi connectivity index (χ0n) is 21.1. The van der Waals surface area contributed by atoms with Crippen LogP contribution >= 0.6 is 23.2 Å². The third kappa shape index (κ3) is 6.70. The maximum Gasteiger partial charge on any atom is 0.435 e. The normalized spacial score (nSPS) is 13.0. The third-order valence-corrected chi connectivity index (χ3v) is 7.40. The standard InChI is InChI=1S/C26H21Cl2F3N6O3S/c1-14-10-16(27)11-17(24(38)34-13-15-6-3-4-8-20(15)41(2,32)40)22(14)35-25(39)19-12-21(26(29,30)31)36-37(19)23-18(28)7-5-9-33-23/h3-12H,2,13H2,1H3,(H2,32,40)(H,34,38)(H,35,39). The minimum Gasteiger partial charge on any atom is -0.348 e. The van der Waals surface area contributed by atoms with Crippen LogP contribution in [0.2, 0.25) is 10.0 Å². The summed E-state index contributed by atoms with van der Waals surface area (Å²) in [5.41, 5.74) is -1.20. The van der Waals surface area contributed by atoms with Crippen molar-refractivity contribution >= 4 is 56.3 Å². The van der Waals surface area contributed by atoms with Gasteiger partial charge in [-0.25, -0.2) is 13.9 Å². The molecule has 214 valence electrons. The van der Waals surface area contributed by atoms with E-state index >= 15 is 0 Å². The Morgan fingerprint density at radius 2 is 1.80 bits per heavy atom. The molecule has 1 unspecified atom stereocenters. The first-order valence-corrected chi connectivity index (χ1v) is 14.1. The maximum absolute atomic E-state index is 13.5. The molecule has 0 fully saturated rings. The predicted octanol–water partition coefficient (Wildman–Crippen LogP) is 5.03. The number of alkyl halides is 3. The molecule has 41 heavy (non-hydrogen) atoms. The number of nitrogens with one attached hydrogen (secondary N) is 2. The van der Waals surface area contributed by atoms with Crippen molar-refractivity contribution < 1.29 is 27.0 Å². The van der Waals surface area contributed by atoms with Crippen LogP contribution in [0.1, 0.15) is 37.7 Å². The number of aromatic nitrogens is 3. The van der Waals surface area contributed by atoms with Gasteiger partial charge >= 0.3 is 6.18 Å². The molecule has 2 aromatic carbocycles. The Labute approximate surface area is 242 Å². The average molecular weight is 625 g/mol. The van der Waals surface area contributed by atoms with Crippen molar-refractivity contribution in [1.82, 2.24) is 20.1 Å². The minimum absolute atomic E-state index is 0.0154. The third-order valence-electron chi connectivity index (χ3n) is 5.74. The molecule has 9 nitrogen and oxygen atoms in total. The monoisotopic (exact) mass is 624 g/mol. The summed E-state index contributed by atoms with van der Waals surface area (Å²) in [6.45, 7) is 1.45. The number of anilines is 1. The van der Waals surface area contributed by atoms with Gasteiger partial charge in [0.2, 0.25) is 0 Å². The Balaban J connectivity index is 1.70. The number of aryl methyl sites for hydroxylation is 1. The summed E-state index contributed by atoms with van der Waals surface area (Å²) < 4.78 is 53.6. The number of benzene rings is 2. The van der Waals surface area contributed by atoms with Crippen molar-refractivity contribution in [2.45, 2.75) is 24.5 Å². The Hall–Kier alpha value is -3.91. The van der Waals surface area contributed by atoms with Gasteiger partial charge in [0.15, 0.2) is 11.5 Å².